The highest BCUT2D eigenvalue weighted by Gasteiger charge is 2.31. The molecule has 140 valence electrons. The summed E-state index contributed by atoms with van der Waals surface area (Å²) in [6, 6.07) is 7.68. The molecule has 0 amide bonds. The van der Waals surface area contributed by atoms with E-state index >= 15 is 0 Å². The monoisotopic (exact) mass is 393 g/mol. The normalized spacial score (nSPS) is 15.7. The van der Waals surface area contributed by atoms with Gasteiger partial charge in [0, 0.05) is 11.1 Å². The summed E-state index contributed by atoms with van der Waals surface area (Å²) in [5.74, 6) is 0.00989. The maximum atomic E-state index is 12.7. The van der Waals surface area contributed by atoms with Crippen LogP contribution in [0.1, 0.15) is 11.1 Å². The van der Waals surface area contributed by atoms with Crippen LogP contribution in [0.5, 0.6) is 0 Å². The summed E-state index contributed by atoms with van der Waals surface area (Å²) in [6.45, 7) is 0. The summed E-state index contributed by atoms with van der Waals surface area (Å²) in [5, 5.41) is 3.60. The van der Waals surface area contributed by atoms with E-state index in [1.165, 1.54) is 24.4 Å². The van der Waals surface area contributed by atoms with Crippen molar-refractivity contribution in [3.63, 3.8) is 0 Å². The number of benzene rings is 2. The fourth-order valence-corrected chi connectivity index (χ4v) is 4.81. The zero-order valence-corrected chi connectivity index (χ0v) is 14.7. The SMILES string of the molecule is Nc1cnc2ccc3c(c2c1Nc1ccc(C(F)(F)F)cc1)CCS3(=O)=O. The Morgan fingerprint density at radius 1 is 1.07 bits per heavy atom. The van der Waals surface area contributed by atoms with Crippen LogP contribution in [0.4, 0.5) is 30.2 Å². The van der Waals surface area contributed by atoms with Crippen molar-refractivity contribution in [2.45, 2.75) is 17.5 Å². The Bertz CT molecular complexity index is 1160. The second-order valence-corrected chi connectivity index (χ2v) is 8.37. The first-order valence-electron chi connectivity index (χ1n) is 8.04. The van der Waals surface area contributed by atoms with Crippen molar-refractivity contribution in [1.82, 2.24) is 4.98 Å². The Labute approximate surface area is 152 Å². The topological polar surface area (TPSA) is 85.1 Å². The maximum Gasteiger partial charge on any atom is 0.416 e. The highest BCUT2D eigenvalue weighted by atomic mass is 32.2. The molecular formula is C18H14F3N3O2S. The lowest BCUT2D eigenvalue weighted by Crippen LogP contribution is -2.05. The van der Waals surface area contributed by atoms with Crippen molar-refractivity contribution < 1.29 is 21.6 Å². The number of anilines is 3. The first-order valence-corrected chi connectivity index (χ1v) is 9.69. The van der Waals surface area contributed by atoms with Crippen LogP contribution in [-0.2, 0) is 22.4 Å². The molecule has 1 aliphatic rings. The number of fused-ring (bicyclic) bond motifs is 3. The second kappa shape index (κ2) is 5.85. The summed E-state index contributed by atoms with van der Waals surface area (Å²) in [4.78, 5) is 4.49. The molecule has 0 radical (unpaired) electrons. The lowest BCUT2D eigenvalue weighted by atomic mass is 10.0. The molecule has 27 heavy (non-hydrogen) atoms. The molecule has 0 aliphatic carbocycles. The Kier molecular flexibility index (Phi) is 3.81. The number of halogens is 3. The molecule has 0 fully saturated rings. The fraction of sp³-hybridized carbons (Fsp3) is 0.167. The van der Waals surface area contributed by atoms with E-state index in [-0.39, 0.29) is 16.3 Å². The smallest absolute Gasteiger partial charge is 0.396 e. The largest absolute Gasteiger partial charge is 0.416 e. The Balaban J connectivity index is 1.85. The molecule has 9 heteroatoms. The highest BCUT2D eigenvalue weighted by molar-refractivity contribution is 7.91. The molecule has 0 bridgehead atoms. The molecule has 3 aromatic rings. The molecule has 0 spiro atoms. The first kappa shape index (κ1) is 17.6. The molecule has 3 N–H and O–H groups in total. The molecule has 0 atom stereocenters. The van der Waals surface area contributed by atoms with Crippen molar-refractivity contribution in [3.8, 4) is 0 Å². The number of pyridine rings is 1. The number of hydrogen-bond acceptors (Lipinski definition) is 5. The van der Waals surface area contributed by atoms with E-state index in [9.17, 15) is 21.6 Å². The number of nitrogens with two attached hydrogens (primary N) is 1. The van der Waals surface area contributed by atoms with E-state index in [1.54, 1.807) is 6.07 Å². The van der Waals surface area contributed by atoms with Gasteiger partial charge in [-0.1, -0.05) is 0 Å². The van der Waals surface area contributed by atoms with Crippen molar-refractivity contribution in [2.75, 3.05) is 16.8 Å². The minimum Gasteiger partial charge on any atom is -0.396 e. The van der Waals surface area contributed by atoms with Crippen molar-refractivity contribution in [2.24, 2.45) is 0 Å². The third kappa shape index (κ3) is 2.97. The van der Waals surface area contributed by atoms with Gasteiger partial charge in [-0.3, -0.25) is 4.98 Å². The van der Waals surface area contributed by atoms with Gasteiger partial charge in [0.05, 0.1) is 39.3 Å². The van der Waals surface area contributed by atoms with Crippen molar-refractivity contribution in [1.29, 1.82) is 0 Å². The van der Waals surface area contributed by atoms with Crippen LogP contribution < -0.4 is 11.1 Å². The third-order valence-corrected chi connectivity index (χ3v) is 6.36. The average Bonchev–Trinajstić information content (AvgIpc) is 2.92. The maximum absolute atomic E-state index is 12.7. The van der Waals surface area contributed by atoms with E-state index in [0.29, 0.717) is 34.3 Å². The zero-order chi connectivity index (χ0) is 19.4. The second-order valence-electron chi connectivity index (χ2n) is 6.29. The minimum absolute atomic E-state index is 0.00989. The van der Waals surface area contributed by atoms with Gasteiger partial charge in [-0.05, 0) is 48.4 Å². The molecule has 1 aromatic heterocycles. The van der Waals surface area contributed by atoms with E-state index in [2.05, 4.69) is 10.3 Å². The predicted molar refractivity (Wildman–Crippen MR) is 96.6 cm³/mol. The summed E-state index contributed by atoms with van der Waals surface area (Å²) in [6.07, 6.45) is -2.65. The Morgan fingerprint density at radius 3 is 2.44 bits per heavy atom. The van der Waals surface area contributed by atoms with Gasteiger partial charge in [0.1, 0.15) is 0 Å². The number of hydrogen-bond donors (Lipinski definition) is 2. The quantitative estimate of drug-likeness (QED) is 0.690. The fourth-order valence-electron chi connectivity index (χ4n) is 3.26. The van der Waals surface area contributed by atoms with Gasteiger partial charge in [0.15, 0.2) is 9.84 Å². The van der Waals surface area contributed by atoms with Crippen LogP contribution in [0.25, 0.3) is 10.9 Å². The van der Waals surface area contributed by atoms with Crippen molar-refractivity contribution in [3.05, 3.63) is 53.7 Å². The number of aryl methyl sites for hydroxylation is 1. The lowest BCUT2D eigenvalue weighted by molar-refractivity contribution is -0.137. The number of nitrogens with zero attached hydrogens (tertiary/aromatic N) is 1. The zero-order valence-electron chi connectivity index (χ0n) is 13.8. The number of aromatic nitrogens is 1. The van der Waals surface area contributed by atoms with Crippen LogP contribution in [0.15, 0.2) is 47.5 Å². The molecular weight excluding hydrogens is 379 g/mol. The third-order valence-electron chi connectivity index (χ3n) is 4.57. The first-order chi connectivity index (χ1) is 12.7. The highest BCUT2D eigenvalue weighted by Crippen LogP contribution is 2.39. The van der Waals surface area contributed by atoms with E-state index in [1.807, 2.05) is 0 Å². The lowest BCUT2D eigenvalue weighted by Gasteiger charge is -2.15. The van der Waals surface area contributed by atoms with Gasteiger partial charge in [-0.2, -0.15) is 13.2 Å². The van der Waals surface area contributed by atoms with Gasteiger partial charge in [-0.25, -0.2) is 8.42 Å². The Morgan fingerprint density at radius 2 is 1.78 bits per heavy atom. The van der Waals surface area contributed by atoms with Gasteiger partial charge in [-0.15, -0.1) is 0 Å². The molecule has 4 rings (SSSR count). The summed E-state index contributed by atoms with van der Waals surface area (Å²) >= 11 is 0. The van der Waals surface area contributed by atoms with E-state index < -0.39 is 21.6 Å². The minimum atomic E-state index is -4.42. The van der Waals surface area contributed by atoms with Crippen molar-refractivity contribution >= 4 is 37.8 Å². The molecule has 0 saturated heterocycles. The van der Waals surface area contributed by atoms with Crippen LogP contribution >= 0.6 is 0 Å². The Hall–Kier alpha value is -2.81. The van der Waals surface area contributed by atoms with E-state index in [4.69, 9.17) is 5.73 Å². The predicted octanol–water partition coefficient (Wildman–Crippen LogP) is 3.91. The molecule has 2 heterocycles. The van der Waals surface area contributed by atoms with Crippen LogP contribution in [0, 0.1) is 0 Å². The van der Waals surface area contributed by atoms with Crippen LogP contribution in [0.2, 0.25) is 0 Å². The molecule has 0 unspecified atom stereocenters. The average molecular weight is 393 g/mol. The van der Waals surface area contributed by atoms with Crippen LogP contribution in [0.3, 0.4) is 0 Å². The van der Waals surface area contributed by atoms with Crippen LogP contribution in [-0.4, -0.2) is 19.2 Å². The summed E-state index contributed by atoms with van der Waals surface area (Å²) < 4.78 is 62.6. The van der Waals surface area contributed by atoms with E-state index in [0.717, 1.165) is 12.1 Å². The number of sulfone groups is 1. The van der Waals surface area contributed by atoms with Gasteiger partial charge in [0.25, 0.3) is 0 Å². The van der Waals surface area contributed by atoms with Gasteiger partial charge in [0.2, 0.25) is 0 Å². The summed E-state index contributed by atoms with van der Waals surface area (Å²) in [7, 11) is -3.34. The number of nitrogens with one attached hydrogen (secondary N) is 1. The molecule has 1 aliphatic heterocycles. The number of nitrogen functional groups attached to an aromatic ring is 1. The van der Waals surface area contributed by atoms with Gasteiger partial charge < -0.3 is 11.1 Å². The molecule has 5 nitrogen and oxygen atoms in total. The summed E-state index contributed by atoms with van der Waals surface area (Å²) in [5.41, 5.74) is 7.59. The van der Waals surface area contributed by atoms with Gasteiger partial charge >= 0.3 is 6.18 Å². The molecule has 2 aromatic carbocycles. The molecule has 0 saturated carbocycles. The number of alkyl halides is 3. The standard InChI is InChI=1S/C18H14F3N3O2S/c19-18(20,21)10-1-3-11(4-2-10)24-17-13(22)9-23-14-5-6-15-12(16(14)17)7-8-27(15,25)26/h1-6,9H,7-8,22H2,(H,23,24). The number of rotatable bonds is 2.